The number of para-hydroxylation sites is 4. The number of hydrogen-bond donors (Lipinski definition) is 2. The highest BCUT2D eigenvalue weighted by Crippen LogP contribution is 2.29. The van der Waals surface area contributed by atoms with Gasteiger partial charge in [0.15, 0.2) is 5.75 Å². The van der Waals surface area contributed by atoms with Crippen LogP contribution < -0.4 is 15.4 Å². The second-order valence-electron chi connectivity index (χ2n) is 6.57. The molecule has 0 atom stereocenters. The predicted molar refractivity (Wildman–Crippen MR) is 117 cm³/mol. The van der Waals surface area contributed by atoms with Gasteiger partial charge in [-0.3, -0.25) is 4.79 Å². The maximum atomic E-state index is 12.9. The zero-order valence-electron chi connectivity index (χ0n) is 16.4. The van der Waals surface area contributed by atoms with E-state index in [2.05, 4.69) is 20.6 Å². The number of carbonyl (C=O) groups is 1. The van der Waals surface area contributed by atoms with Gasteiger partial charge in [0, 0.05) is 11.4 Å². The van der Waals surface area contributed by atoms with E-state index in [1.165, 1.54) is 0 Å². The minimum absolute atomic E-state index is 0.260. The van der Waals surface area contributed by atoms with Gasteiger partial charge in [-0.05, 0) is 49.4 Å². The normalized spacial score (nSPS) is 10.3. The molecule has 0 aliphatic carbocycles. The fourth-order valence-electron chi connectivity index (χ4n) is 2.85. The first kappa shape index (κ1) is 19.1. The number of aryl methyl sites for hydroxylation is 1. The molecule has 6 nitrogen and oxygen atoms in total. The summed E-state index contributed by atoms with van der Waals surface area (Å²) in [5, 5.41) is 6.00. The highest BCUT2D eigenvalue weighted by Gasteiger charge is 2.14. The lowest BCUT2D eigenvalue weighted by Gasteiger charge is -2.13. The zero-order valence-corrected chi connectivity index (χ0v) is 16.4. The van der Waals surface area contributed by atoms with Gasteiger partial charge >= 0.3 is 0 Å². The van der Waals surface area contributed by atoms with E-state index in [0.717, 1.165) is 5.69 Å². The minimum atomic E-state index is -0.347. The molecule has 30 heavy (non-hydrogen) atoms. The summed E-state index contributed by atoms with van der Waals surface area (Å²) in [5.74, 6) is 1.25. The zero-order chi connectivity index (χ0) is 20.8. The van der Waals surface area contributed by atoms with Crippen molar-refractivity contribution in [1.29, 1.82) is 0 Å². The first-order valence-corrected chi connectivity index (χ1v) is 9.48. The summed E-state index contributed by atoms with van der Waals surface area (Å²) in [6.45, 7) is 1.82. The Labute approximate surface area is 174 Å². The average Bonchev–Trinajstić information content (AvgIpc) is 2.76. The molecule has 0 aliphatic rings. The molecule has 1 amide bonds. The summed E-state index contributed by atoms with van der Waals surface area (Å²) in [6.07, 6.45) is 0. The second kappa shape index (κ2) is 8.87. The average molecular weight is 396 g/mol. The third-order valence-electron chi connectivity index (χ3n) is 4.22. The third-order valence-corrected chi connectivity index (χ3v) is 4.22. The van der Waals surface area contributed by atoms with Crippen LogP contribution in [-0.4, -0.2) is 15.9 Å². The van der Waals surface area contributed by atoms with Crippen LogP contribution in [0.4, 0.5) is 17.3 Å². The Morgan fingerprint density at radius 3 is 2.27 bits per heavy atom. The van der Waals surface area contributed by atoms with Crippen molar-refractivity contribution >= 4 is 23.2 Å². The first-order valence-electron chi connectivity index (χ1n) is 9.48. The smallest absolute Gasteiger partial charge is 0.274 e. The predicted octanol–water partition coefficient (Wildman–Crippen LogP) is 5.57. The molecule has 0 aliphatic heterocycles. The van der Waals surface area contributed by atoms with E-state index in [1.54, 1.807) is 18.2 Å². The Balaban J connectivity index is 1.54. The lowest BCUT2D eigenvalue weighted by Crippen LogP contribution is -2.16. The van der Waals surface area contributed by atoms with Gasteiger partial charge in [-0.1, -0.05) is 48.5 Å². The van der Waals surface area contributed by atoms with E-state index in [0.29, 0.717) is 28.8 Å². The van der Waals surface area contributed by atoms with Gasteiger partial charge in [-0.15, -0.1) is 0 Å². The standard InChI is InChI=1S/C24H20N4O2/c1-17-16-21(28-24(25-17)26-18-10-4-2-5-11-18)23(29)27-20-14-8-9-15-22(20)30-19-12-6-3-7-13-19/h2-16H,1H3,(H,27,29)(H,25,26,28). The van der Waals surface area contributed by atoms with Crippen LogP contribution in [0.1, 0.15) is 16.2 Å². The monoisotopic (exact) mass is 396 g/mol. The van der Waals surface area contributed by atoms with E-state index in [9.17, 15) is 4.79 Å². The van der Waals surface area contributed by atoms with Crippen LogP contribution in [-0.2, 0) is 0 Å². The summed E-state index contributed by atoms with van der Waals surface area (Å²) in [4.78, 5) is 21.6. The number of hydrogen-bond acceptors (Lipinski definition) is 5. The Hall–Kier alpha value is -4.19. The molecule has 0 radical (unpaired) electrons. The third kappa shape index (κ3) is 4.80. The molecule has 0 saturated carbocycles. The number of anilines is 3. The van der Waals surface area contributed by atoms with E-state index in [1.807, 2.05) is 79.7 Å². The summed E-state index contributed by atoms with van der Waals surface area (Å²) in [6, 6.07) is 27.9. The van der Waals surface area contributed by atoms with Crippen LogP contribution in [0.5, 0.6) is 11.5 Å². The molecule has 1 heterocycles. The van der Waals surface area contributed by atoms with Gasteiger partial charge in [0.1, 0.15) is 11.4 Å². The van der Waals surface area contributed by atoms with E-state index >= 15 is 0 Å². The lowest BCUT2D eigenvalue weighted by molar-refractivity contribution is 0.102. The molecular weight excluding hydrogens is 376 g/mol. The van der Waals surface area contributed by atoms with E-state index in [-0.39, 0.29) is 11.6 Å². The molecule has 3 aromatic carbocycles. The summed E-state index contributed by atoms with van der Waals surface area (Å²) in [5.41, 5.74) is 2.34. The van der Waals surface area contributed by atoms with Gasteiger partial charge in [0.05, 0.1) is 5.69 Å². The molecule has 0 fully saturated rings. The minimum Gasteiger partial charge on any atom is -0.455 e. The SMILES string of the molecule is Cc1cc(C(=O)Nc2ccccc2Oc2ccccc2)nc(Nc2ccccc2)n1. The molecule has 148 valence electrons. The Morgan fingerprint density at radius 2 is 1.50 bits per heavy atom. The molecule has 2 N–H and O–H groups in total. The second-order valence-corrected chi connectivity index (χ2v) is 6.57. The van der Waals surface area contributed by atoms with E-state index < -0.39 is 0 Å². The van der Waals surface area contributed by atoms with Crippen molar-refractivity contribution in [1.82, 2.24) is 9.97 Å². The number of rotatable bonds is 6. The van der Waals surface area contributed by atoms with Crippen LogP contribution in [0.2, 0.25) is 0 Å². The quantitative estimate of drug-likeness (QED) is 0.445. The van der Waals surface area contributed by atoms with Crippen LogP contribution in [0, 0.1) is 6.92 Å². The molecule has 4 rings (SSSR count). The fourth-order valence-corrected chi connectivity index (χ4v) is 2.85. The summed E-state index contributed by atoms with van der Waals surface area (Å²) >= 11 is 0. The fraction of sp³-hybridized carbons (Fsp3) is 0.0417. The Morgan fingerprint density at radius 1 is 0.833 bits per heavy atom. The number of carbonyl (C=O) groups excluding carboxylic acids is 1. The first-order chi connectivity index (χ1) is 14.7. The molecule has 1 aromatic heterocycles. The van der Waals surface area contributed by atoms with Crippen molar-refractivity contribution in [3.05, 3.63) is 102 Å². The van der Waals surface area contributed by atoms with Crippen molar-refractivity contribution in [2.24, 2.45) is 0 Å². The van der Waals surface area contributed by atoms with E-state index in [4.69, 9.17) is 4.74 Å². The number of benzene rings is 3. The van der Waals surface area contributed by atoms with Crippen molar-refractivity contribution in [3.63, 3.8) is 0 Å². The van der Waals surface area contributed by atoms with Crippen LogP contribution in [0.25, 0.3) is 0 Å². The number of amides is 1. The van der Waals surface area contributed by atoms with Crippen molar-refractivity contribution in [2.45, 2.75) is 6.92 Å². The molecule has 4 aromatic rings. The summed E-state index contributed by atoms with van der Waals surface area (Å²) in [7, 11) is 0. The largest absolute Gasteiger partial charge is 0.455 e. The van der Waals surface area contributed by atoms with Crippen molar-refractivity contribution in [3.8, 4) is 11.5 Å². The molecule has 0 saturated heterocycles. The number of ether oxygens (including phenoxy) is 1. The Bertz CT molecular complexity index is 1150. The highest BCUT2D eigenvalue weighted by molar-refractivity contribution is 6.04. The van der Waals surface area contributed by atoms with Gasteiger partial charge < -0.3 is 15.4 Å². The van der Waals surface area contributed by atoms with Crippen LogP contribution in [0.15, 0.2) is 91.0 Å². The number of aromatic nitrogens is 2. The van der Waals surface area contributed by atoms with Gasteiger partial charge in [0.2, 0.25) is 5.95 Å². The van der Waals surface area contributed by atoms with Crippen LogP contribution in [0.3, 0.4) is 0 Å². The number of nitrogens with zero attached hydrogens (tertiary/aromatic N) is 2. The van der Waals surface area contributed by atoms with Crippen LogP contribution >= 0.6 is 0 Å². The lowest BCUT2D eigenvalue weighted by atomic mass is 10.2. The van der Waals surface area contributed by atoms with Gasteiger partial charge in [0.25, 0.3) is 5.91 Å². The van der Waals surface area contributed by atoms with Gasteiger partial charge in [-0.2, -0.15) is 0 Å². The number of nitrogens with one attached hydrogen (secondary N) is 2. The molecule has 0 spiro atoms. The molecule has 0 unspecified atom stereocenters. The Kier molecular flexibility index (Phi) is 5.66. The summed E-state index contributed by atoms with van der Waals surface area (Å²) < 4.78 is 5.91. The topological polar surface area (TPSA) is 76.1 Å². The highest BCUT2D eigenvalue weighted by atomic mass is 16.5. The molecule has 0 bridgehead atoms. The van der Waals surface area contributed by atoms with Gasteiger partial charge in [-0.25, -0.2) is 9.97 Å². The maximum Gasteiger partial charge on any atom is 0.274 e. The maximum absolute atomic E-state index is 12.9. The molecular formula is C24H20N4O2. The van der Waals surface area contributed by atoms with Crippen molar-refractivity contribution < 1.29 is 9.53 Å². The van der Waals surface area contributed by atoms with Crippen molar-refractivity contribution in [2.75, 3.05) is 10.6 Å². The molecule has 6 heteroatoms.